The first kappa shape index (κ1) is 17.1. The van der Waals surface area contributed by atoms with Gasteiger partial charge in [-0.05, 0) is 57.5 Å². The molecule has 130 valence electrons. The Balaban J connectivity index is 1.81. The van der Waals surface area contributed by atoms with E-state index >= 15 is 0 Å². The lowest BCUT2D eigenvalue weighted by atomic mass is 10.1. The molecule has 2 aromatic rings. The molecule has 7 heteroatoms. The van der Waals surface area contributed by atoms with E-state index in [1.54, 1.807) is 12.1 Å². The minimum atomic E-state index is -0.0333. The summed E-state index contributed by atoms with van der Waals surface area (Å²) in [5.41, 5.74) is 2.03. The number of phenols is 1. The first-order valence-electron chi connectivity index (χ1n) is 8.18. The van der Waals surface area contributed by atoms with Crippen LogP contribution in [0, 0.1) is 19.0 Å². The maximum atomic E-state index is 12.1. The smallest absolute Gasteiger partial charge is 0.243 e. The monoisotopic (exact) mass is 341 g/mol. The molecule has 1 aliphatic heterocycles. The molecule has 0 saturated carbocycles. The molecule has 0 spiro atoms. The standard InChI is InChI=1S/C18H20FN5O/c1-12-17(15-6-5-13(7-8-19)10-16(15)25)22-23-18(20-12)21-14-4-3-9-24(2)11-14/h5-6,10,14,25H,3-4,9,11H2,1-2H3,(H,20,21,23). The molecule has 0 radical (unpaired) electrons. The van der Waals surface area contributed by atoms with Gasteiger partial charge in [-0.2, -0.15) is 0 Å². The molecule has 6 nitrogen and oxygen atoms in total. The number of nitrogens with one attached hydrogen (secondary N) is 1. The number of rotatable bonds is 3. The van der Waals surface area contributed by atoms with Crippen molar-refractivity contribution in [2.24, 2.45) is 0 Å². The van der Waals surface area contributed by atoms with E-state index in [0.29, 0.717) is 34.5 Å². The van der Waals surface area contributed by atoms with Crippen molar-refractivity contribution in [3.63, 3.8) is 0 Å². The molecule has 0 aliphatic carbocycles. The Bertz CT molecular complexity index is 830. The zero-order chi connectivity index (χ0) is 17.8. The number of piperidine rings is 1. The highest BCUT2D eigenvalue weighted by atomic mass is 19.1. The summed E-state index contributed by atoms with van der Waals surface area (Å²) < 4.78 is 12.1. The molecule has 2 heterocycles. The summed E-state index contributed by atoms with van der Waals surface area (Å²) in [6.07, 6.45) is 3.53. The molecular weight excluding hydrogens is 321 g/mol. The van der Waals surface area contributed by atoms with E-state index in [1.165, 1.54) is 12.2 Å². The fourth-order valence-electron chi connectivity index (χ4n) is 3.04. The Morgan fingerprint density at radius 2 is 2.20 bits per heavy atom. The first-order chi connectivity index (χ1) is 12.1. The van der Waals surface area contributed by atoms with Gasteiger partial charge in [0.15, 0.2) is 0 Å². The quantitative estimate of drug-likeness (QED) is 0.835. The highest BCUT2D eigenvalue weighted by Crippen LogP contribution is 2.30. The van der Waals surface area contributed by atoms with Crippen LogP contribution in [-0.2, 0) is 0 Å². The van der Waals surface area contributed by atoms with Crippen molar-refractivity contribution in [2.75, 3.05) is 25.5 Å². The lowest BCUT2D eigenvalue weighted by molar-refractivity contribution is 0.260. The van der Waals surface area contributed by atoms with Crippen LogP contribution in [0.3, 0.4) is 0 Å². The number of likely N-dealkylation sites (tertiary alicyclic amines) is 1. The number of hydrogen-bond acceptors (Lipinski definition) is 6. The molecule has 1 aliphatic rings. The van der Waals surface area contributed by atoms with Crippen molar-refractivity contribution >= 4 is 5.95 Å². The van der Waals surface area contributed by atoms with Gasteiger partial charge in [0.25, 0.3) is 0 Å². The number of likely N-dealkylation sites (N-methyl/N-ethyl adjacent to an activating group) is 1. The molecule has 25 heavy (non-hydrogen) atoms. The van der Waals surface area contributed by atoms with Gasteiger partial charge in [-0.3, -0.25) is 0 Å². The third-order valence-corrected chi connectivity index (χ3v) is 4.26. The summed E-state index contributed by atoms with van der Waals surface area (Å²) >= 11 is 0. The van der Waals surface area contributed by atoms with E-state index in [9.17, 15) is 9.50 Å². The van der Waals surface area contributed by atoms with Crippen molar-refractivity contribution in [3.8, 4) is 29.1 Å². The predicted octanol–water partition coefficient (Wildman–Crippen LogP) is 2.34. The summed E-state index contributed by atoms with van der Waals surface area (Å²) in [6, 6.07) is 4.95. The molecule has 0 amide bonds. The van der Waals surface area contributed by atoms with E-state index in [0.717, 1.165) is 25.9 Å². The van der Waals surface area contributed by atoms with Crippen LogP contribution in [0.25, 0.3) is 11.3 Å². The van der Waals surface area contributed by atoms with Crippen molar-refractivity contribution in [2.45, 2.75) is 25.8 Å². The Morgan fingerprint density at radius 1 is 1.36 bits per heavy atom. The average Bonchev–Trinajstić information content (AvgIpc) is 2.56. The van der Waals surface area contributed by atoms with Crippen LogP contribution in [0.2, 0.25) is 0 Å². The Hall–Kier alpha value is -2.72. The maximum Gasteiger partial charge on any atom is 0.243 e. The van der Waals surface area contributed by atoms with Crippen LogP contribution in [0.4, 0.5) is 10.3 Å². The summed E-state index contributed by atoms with van der Waals surface area (Å²) in [5, 5.41) is 21.8. The molecule has 1 unspecified atom stereocenters. The second-order valence-electron chi connectivity index (χ2n) is 6.27. The van der Waals surface area contributed by atoms with Gasteiger partial charge in [-0.25, -0.2) is 4.98 Å². The minimum absolute atomic E-state index is 0.0333. The van der Waals surface area contributed by atoms with Crippen LogP contribution < -0.4 is 5.32 Å². The number of phenolic OH excluding ortho intramolecular Hbond substituents is 1. The number of aromatic hydroxyl groups is 1. The van der Waals surface area contributed by atoms with Crippen LogP contribution in [0.15, 0.2) is 18.2 Å². The molecule has 1 atom stereocenters. The van der Waals surface area contributed by atoms with Gasteiger partial charge in [0.1, 0.15) is 17.6 Å². The third kappa shape index (κ3) is 4.03. The Labute approximate surface area is 146 Å². The van der Waals surface area contributed by atoms with Crippen LogP contribution in [-0.4, -0.2) is 51.4 Å². The first-order valence-corrected chi connectivity index (χ1v) is 8.18. The fourth-order valence-corrected chi connectivity index (χ4v) is 3.04. The van der Waals surface area contributed by atoms with Crippen LogP contribution >= 0.6 is 0 Å². The molecule has 1 saturated heterocycles. The van der Waals surface area contributed by atoms with E-state index in [4.69, 9.17) is 0 Å². The normalized spacial score (nSPS) is 17.6. The summed E-state index contributed by atoms with van der Waals surface area (Å²) in [6.45, 7) is 3.87. The highest BCUT2D eigenvalue weighted by Gasteiger charge is 2.19. The topological polar surface area (TPSA) is 74.2 Å². The van der Waals surface area contributed by atoms with Crippen molar-refractivity contribution in [1.82, 2.24) is 20.1 Å². The lowest BCUT2D eigenvalue weighted by Crippen LogP contribution is -2.40. The number of aromatic nitrogens is 3. The van der Waals surface area contributed by atoms with Gasteiger partial charge in [0.2, 0.25) is 5.95 Å². The largest absolute Gasteiger partial charge is 0.507 e. The Morgan fingerprint density at radius 3 is 2.88 bits per heavy atom. The van der Waals surface area contributed by atoms with Gasteiger partial charge in [-0.1, -0.05) is 0 Å². The lowest BCUT2D eigenvalue weighted by Gasteiger charge is -2.30. The molecule has 1 aromatic carbocycles. The fraction of sp³-hybridized carbons (Fsp3) is 0.389. The average molecular weight is 341 g/mol. The second-order valence-corrected chi connectivity index (χ2v) is 6.27. The van der Waals surface area contributed by atoms with Gasteiger partial charge < -0.3 is 15.3 Å². The van der Waals surface area contributed by atoms with Crippen molar-refractivity contribution in [1.29, 1.82) is 0 Å². The number of aryl methyl sites for hydroxylation is 1. The van der Waals surface area contributed by atoms with Gasteiger partial charge >= 0.3 is 0 Å². The second kappa shape index (κ2) is 7.45. The molecule has 2 N–H and O–H groups in total. The van der Waals surface area contributed by atoms with E-state index < -0.39 is 0 Å². The number of benzene rings is 1. The predicted molar refractivity (Wildman–Crippen MR) is 93.8 cm³/mol. The van der Waals surface area contributed by atoms with Crippen LogP contribution in [0.5, 0.6) is 5.75 Å². The third-order valence-electron chi connectivity index (χ3n) is 4.26. The van der Waals surface area contributed by atoms with Crippen LogP contribution in [0.1, 0.15) is 24.1 Å². The number of hydrogen-bond donors (Lipinski definition) is 2. The molecular formula is C18H20FN5O. The van der Waals surface area contributed by atoms with Gasteiger partial charge in [0.05, 0.1) is 5.69 Å². The number of nitrogens with zero attached hydrogens (tertiary/aromatic N) is 4. The molecule has 1 fully saturated rings. The van der Waals surface area contributed by atoms with E-state index in [-0.39, 0.29) is 5.75 Å². The van der Waals surface area contributed by atoms with Crippen molar-refractivity contribution in [3.05, 3.63) is 29.5 Å². The number of anilines is 1. The van der Waals surface area contributed by atoms with Gasteiger partial charge in [0, 0.05) is 23.7 Å². The Kier molecular flexibility index (Phi) is 5.10. The minimum Gasteiger partial charge on any atom is -0.507 e. The van der Waals surface area contributed by atoms with E-state index in [1.807, 2.05) is 6.92 Å². The summed E-state index contributed by atoms with van der Waals surface area (Å²) in [5.74, 6) is 2.71. The SMILES string of the molecule is Cc1nc(NC2CCCN(C)C2)nnc1-c1ccc(C#CF)cc1O. The maximum absolute atomic E-state index is 12.1. The summed E-state index contributed by atoms with van der Waals surface area (Å²) in [4.78, 5) is 6.74. The molecule has 1 aromatic heterocycles. The van der Waals surface area contributed by atoms with E-state index in [2.05, 4.69) is 38.4 Å². The zero-order valence-electron chi connectivity index (χ0n) is 14.3. The molecule has 0 bridgehead atoms. The molecule has 3 rings (SSSR count). The van der Waals surface area contributed by atoms with Gasteiger partial charge in [-0.15, -0.1) is 14.6 Å². The zero-order valence-corrected chi connectivity index (χ0v) is 14.3. The van der Waals surface area contributed by atoms with Crippen molar-refractivity contribution < 1.29 is 9.50 Å². The number of halogens is 1. The summed E-state index contributed by atoms with van der Waals surface area (Å²) in [7, 11) is 2.10. The highest BCUT2D eigenvalue weighted by molar-refractivity contribution is 5.69.